The fourth-order valence-electron chi connectivity index (χ4n) is 2.90. The number of benzene rings is 1. The Morgan fingerprint density at radius 1 is 1.32 bits per heavy atom. The monoisotopic (exact) mass is 263 g/mol. The molecule has 0 spiro atoms. The topological polar surface area (TPSA) is 44.5 Å². The van der Waals surface area contributed by atoms with E-state index in [0.717, 1.165) is 37.5 Å². The summed E-state index contributed by atoms with van der Waals surface area (Å²) in [5.74, 6) is 1.64. The molecule has 2 N–H and O–H groups in total. The molecule has 0 heterocycles. The van der Waals surface area contributed by atoms with Crippen LogP contribution in [-0.4, -0.2) is 25.9 Å². The van der Waals surface area contributed by atoms with Gasteiger partial charge in [0.15, 0.2) is 0 Å². The van der Waals surface area contributed by atoms with E-state index in [1.54, 1.807) is 7.11 Å². The van der Waals surface area contributed by atoms with E-state index in [2.05, 4.69) is 19.1 Å². The normalized spacial score (nSPS) is 26.6. The quantitative estimate of drug-likeness (QED) is 0.858. The van der Waals surface area contributed by atoms with E-state index >= 15 is 0 Å². The van der Waals surface area contributed by atoms with E-state index in [0.29, 0.717) is 6.54 Å². The van der Waals surface area contributed by atoms with Gasteiger partial charge in [0.2, 0.25) is 0 Å². The molecular weight excluding hydrogens is 238 g/mol. The molecule has 2 atom stereocenters. The van der Waals surface area contributed by atoms with Gasteiger partial charge in [0.1, 0.15) is 5.75 Å². The van der Waals surface area contributed by atoms with Gasteiger partial charge in [-0.3, -0.25) is 0 Å². The largest absolute Gasteiger partial charge is 0.497 e. The molecule has 0 aliphatic heterocycles. The lowest BCUT2D eigenvalue weighted by atomic mass is 10.0. The van der Waals surface area contributed by atoms with Gasteiger partial charge in [0, 0.05) is 6.54 Å². The van der Waals surface area contributed by atoms with Crippen LogP contribution in [0.1, 0.15) is 31.7 Å². The van der Waals surface area contributed by atoms with Crippen LogP contribution >= 0.6 is 0 Å². The molecule has 0 amide bonds. The third-order valence-corrected chi connectivity index (χ3v) is 4.14. The van der Waals surface area contributed by atoms with E-state index in [4.69, 9.17) is 15.2 Å². The smallest absolute Gasteiger partial charge is 0.118 e. The van der Waals surface area contributed by atoms with Crippen LogP contribution in [0.3, 0.4) is 0 Å². The molecule has 19 heavy (non-hydrogen) atoms. The second kappa shape index (κ2) is 6.40. The van der Waals surface area contributed by atoms with Crippen LogP contribution in [0.4, 0.5) is 0 Å². The summed E-state index contributed by atoms with van der Waals surface area (Å²) in [6.07, 6.45) is 4.37. The molecule has 3 heteroatoms. The first-order valence-corrected chi connectivity index (χ1v) is 7.14. The van der Waals surface area contributed by atoms with Crippen molar-refractivity contribution in [2.24, 2.45) is 11.7 Å². The van der Waals surface area contributed by atoms with Crippen LogP contribution in [-0.2, 0) is 11.2 Å². The number of hydrogen-bond acceptors (Lipinski definition) is 3. The molecule has 2 rings (SSSR count). The van der Waals surface area contributed by atoms with Gasteiger partial charge in [0.05, 0.1) is 19.3 Å². The standard InChI is InChI=1S/C16H25NO2/c1-13-7-9-16(11-13,12-17)19-10-8-14-3-5-15(18-2)6-4-14/h3-6,13H,7-12,17H2,1-2H3. The zero-order valence-electron chi connectivity index (χ0n) is 12.0. The van der Waals surface area contributed by atoms with Crippen molar-refractivity contribution in [2.45, 2.75) is 38.2 Å². The Labute approximate surface area is 116 Å². The van der Waals surface area contributed by atoms with Crippen molar-refractivity contribution < 1.29 is 9.47 Å². The minimum absolute atomic E-state index is 0.0636. The molecule has 0 aromatic heterocycles. The van der Waals surface area contributed by atoms with Crippen molar-refractivity contribution in [1.82, 2.24) is 0 Å². The highest BCUT2D eigenvalue weighted by atomic mass is 16.5. The second-order valence-electron chi connectivity index (χ2n) is 5.68. The van der Waals surface area contributed by atoms with Gasteiger partial charge < -0.3 is 15.2 Å². The molecule has 1 aliphatic carbocycles. The first kappa shape index (κ1) is 14.4. The Morgan fingerprint density at radius 3 is 2.58 bits per heavy atom. The first-order chi connectivity index (χ1) is 9.17. The summed E-state index contributed by atoms with van der Waals surface area (Å²) in [6.45, 7) is 3.67. The number of ether oxygens (including phenoxy) is 2. The summed E-state index contributed by atoms with van der Waals surface area (Å²) in [5, 5.41) is 0. The number of hydrogen-bond donors (Lipinski definition) is 1. The van der Waals surface area contributed by atoms with Gasteiger partial charge >= 0.3 is 0 Å². The molecule has 0 bridgehead atoms. The van der Waals surface area contributed by atoms with Crippen LogP contribution < -0.4 is 10.5 Å². The maximum atomic E-state index is 6.11. The lowest BCUT2D eigenvalue weighted by molar-refractivity contribution is -0.0343. The highest BCUT2D eigenvalue weighted by molar-refractivity contribution is 5.27. The minimum atomic E-state index is -0.0636. The van der Waals surface area contributed by atoms with Crippen LogP contribution in [0.15, 0.2) is 24.3 Å². The zero-order valence-corrected chi connectivity index (χ0v) is 12.0. The van der Waals surface area contributed by atoms with Crippen LogP contribution in [0.5, 0.6) is 5.75 Å². The molecule has 0 radical (unpaired) electrons. The SMILES string of the molecule is COc1ccc(CCOC2(CN)CCC(C)C2)cc1. The molecule has 1 aromatic carbocycles. The first-order valence-electron chi connectivity index (χ1n) is 7.14. The summed E-state index contributed by atoms with van der Waals surface area (Å²) in [6, 6.07) is 8.17. The van der Waals surface area contributed by atoms with Gasteiger partial charge in [-0.2, -0.15) is 0 Å². The molecule has 106 valence electrons. The average molecular weight is 263 g/mol. The minimum Gasteiger partial charge on any atom is -0.497 e. The lowest BCUT2D eigenvalue weighted by Crippen LogP contribution is -2.38. The molecule has 1 aliphatic rings. The summed E-state index contributed by atoms with van der Waals surface area (Å²) >= 11 is 0. The molecule has 1 aromatic rings. The highest BCUT2D eigenvalue weighted by Gasteiger charge is 2.36. The molecule has 1 saturated carbocycles. The van der Waals surface area contributed by atoms with Crippen molar-refractivity contribution in [1.29, 1.82) is 0 Å². The Hall–Kier alpha value is -1.06. The van der Waals surface area contributed by atoms with E-state index in [9.17, 15) is 0 Å². The predicted molar refractivity (Wildman–Crippen MR) is 77.5 cm³/mol. The van der Waals surface area contributed by atoms with Crippen LogP contribution in [0.2, 0.25) is 0 Å². The van der Waals surface area contributed by atoms with Gasteiger partial charge in [-0.25, -0.2) is 0 Å². The zero-order chi connectivity index (χ0) is 13.7. The average Bonchev–Trinajstić information content (AvgIpc) is 2.82. The Morgan fingerprint density at radius 2 is 2.05 bits per heavy atom. The molecule has 0 saturated heterocycles. The van der Waals surface area contributed by atoms with Gasteiger partial charge in [0.25, 0.3) is 0 Å². The molecule has 1 fully saturated rings. The molecular formula is C16H25NO2. The van der Waals surface area contributed by atoms with E-state index in [1.807, 2.05) is 12.1 Å². The van der Waals surface area contributed by atoms with Gasteiger partial charge in [-0.05, 0) is 49.3 Å². The van der Waals surface area contributed by atoms with Gasteiger partial charge in [-0.1, -0.05) is 19.1 Å². The summed E-state index contributed by atoms with van der Waals surface area (Å²) < 4.78 is 11.3. The Balaban J connectivity index is 1.82. The summed E-state index contributed by atoms with van der Waals surface area (Å²) in [5.41, 5.74) is 7.12. The number of methoxy groups -OCH3 is 1. The number of nitrogens with two attached hydrogens (primary N) is 1. The van der Waals surface area contributed by atoms with Crippen molar-refractivity contribution in [2.75, 3.05) is 20.3 Å². The maximum absolute atomic E-state index is 6.11. The molecule has 3 nitrogen and oxygen atoms in total. The second-order valence-corrected chi connectivity index (χ2v) is 5.68. The van der Waals surface area contributed by atoms with Crippen molar-refractivity contribution in [3.8, 4) is 5.75 Å². The third kappa shape index (κ3) is 3.71. The fourth-order valence-corrected chi connectivity index (χ4v) is 2.90. The van der Waals surface area contributed by atoms with Crippen molar-refractivity contribution >= 4 is 0 Å². The van der Waals surface area contributed by atoms with Crippen molar-refractivity contribution in [3.05, 3.63) is 29.8 Å². The van der Waals surface area contributed by atoms with Crippen molar-refractivity contribution in [3.63, 3.8) is 0 Å². The van der Waals surface area contributed by atoms with E-state index in [-0.39, 0.29) is 5.60 Å². The molecule has 2 unspecified atom stereocenters. The Bertz CT molecular complexity index is 390. The highest BCUT2D eigenvalue weighted by Crippen LogP contribution is 2.36. The maximum Gasteiger partial charge on any atom is 0.118 e. The third-order valence-electron chi connectivity index (χ3n) is 4.14. The van der Waals surface area contributed by atoms with E-state index < -0.39 is 0 Å². The summed E-state index contributed by atoms with van der Waals surface area (Å²) in [7, 11) is 1.68. The fraction of sp³-hybridized carbons (Fsp3) is 0.625. The number of rotatable bonds is 6. The predicted octanol–water partition coefficient (Wildman–Crippen LogP) is 2.77. The van der Waals surface area contributed by atoms with Crippen LogP contribution in [0.25, 0.3) is 0 Å². The Kier molecular flexibility index (Phi) is 4.83. The van der Waals surface area contributed by atoms with Crippen LogP contribution in [0, 0.1) is 5.92 Å². The van der Waals surface area contributed by atoms with E-state index in [1.165, 1.54) is 12.0 Å². The lowest BCUT2D eigenvalue weighted by Gasteiger charge is -2.28. The van der Waals surface area contributed by atoms with Gasteiger partial charge in [-0.15, -0.1) is 0 Å². The summed E-state index contributed by atoms with van der Waals surface area (Å²) in [4.78, 5) is 0.